The van der Waals surface area contributed by atoms with E-state index in [-0.39, 0.29) is 5.91 Å². The summed E-state index contributed by atoms with van der Waals surface area (Å²) in [5.74, 6) is 2.21. The number of aromatic nitrogens is 2. The van der Waals surface area contributed by atoms with Gasteiger partial charge >= 0.3 is 0 Å². The van der Waals surface area contributed by atoms with Crippen LogP contribution in [-0.2, 0) is 11.3 Å². The molecule has 0 saturated carbocycles. The quantitative estimate of drug-likeness (QED) is 0.492. The molecule has 0 unspecified atom stereocenters. The van der Waals surface area contributed by atoms with Gasteiger partial charge in [-0.3, -0.25) is 4.79 Å². The third kappa shape index (κ3) is 5.32. The highest BCUT2D eigenvalue weighted by Crippen LogP contribution is 2.23. The zero-order chi connectivity index (χ0) is 21.6. The average molecular weight is 414 g/mol. The number of piperidine rings is 1. The van der Waals surface area contributed by atoms with Crippen LogP contribution in [0.3, 0.4) is 0 Å². The fourth-order valence-electron chi connectivity index (χ4n) is 4.18. The molecular formula is C27H31N3O. The number of benzene rings is 2. The Morgan fingerprint density at radius 3 is 2.45 bits per heavy atom. The zero-order valence-electron chi connectivity index (χ0n) is 18.4. The fraction of sp³-hybridized carbons (Fsp3) is 0.333. The van der Waals surface area contributed by atoms with E-state index in [4.69, 9.17) is 0 Å². The van der Waals surface area contributed by atoms with Gasteiger partial charge in [0.25, 0.3) is 0 Å². The Morgan fingerprint density at radius 2 is 1.77 bits per heavy atom. The molecule has 0 N–H and O–H groups in total. The molecule has 31 heavy (non-hydrogen) atoms. The standard InChI is InChI=1S/C27H31N3O/c1-21(2)24-11-8-22(9-12-24)10-13-26(31)29-17-14-23(15-18-29)20-30-19-16-28-27(30)25-6-4-3-5-7-25/h3-13,16,19,21,23H,14-15,17-18,20H2,1-2H3/b13-10+. The largest absolute Gasteiger partial charge is 0.339 e. The van der Waals surface area contributed by atoms with E-state index in [1.165, 1.54) is 5.56 Å². The van der Waals surface area contributed by atoms with E-state index >= 15 is 0 Å². The lowest BCUT2D eigenvalue weighted by molar-refractivity contribution is -0.127. The van der Waals surface area contributed by atoms with E-state index in [0.717, 1.165) is 49.4 Å². The SMILES string of the molecule is CC(C)c1ccc(/C=C/C(=O)N2CCC(Cn3ccnc3-c3ccccc3)CC2)cc1. The van der Waals surface area contributed by atoms with Gasteiger partial charge in [-0.05, 0) is 41.9 Å². The van der Waals surface area contributed by atoms with E-state index < -0.39 is 0 Å². The van der Waals surface area contributed by atoms with Crippen molar-refractivity contribution in [2.45, 2.75) is 39.2 Å². The van der Waals surface area contributed by atoms with E-state index in [1.807, 2.05) is 35.4 Å². The second-order valence-corrected chi connectivity index (χ2v) is 8.69. The van der Waals surface area contributed by atoms with Gasteiger partial charge in [0.1, 0.15) is 5.82 Å². The summed E-state index contributed by atoms with van der Waals surface area (Å²) >= 11 is 0. The van der Waals surface area contributed by atoms with Crippen molar-refractivity contribution >= 4 is 12.0 Å². The normalized spacial score (nSPS) is 15.1. The summed E-state index contributed by atoms with van der Waals surface area (Å²) in [5, 5.41) is 0. The third-order valence-electron chi connectivity index (χ3n) is 6.15. The van der Waals surface area contributed by atoms with E-state index in [1.54, 1.807) is 6.08 Å². The molecule has 0 atom stereocenters. The summed E-state index contributed by atoms with van der Waals surface area (Å²) in [7, 11) is 0. The van der Waals surface area contributed by atoms with Crippen LogP contribution in [0.4, 0.5) is 0 Å². The molecule has 1 aromatic heterocycles. The van der Waals surface area contributed by atoms with Crippen molar-refractivity contribution in [3.63, 3.8) is 0 Å². The summed E-state index contributed by atoms with van der Waals surface area (Å²) in [6.45, 7) is 6.95. The molecule has 4 nitrogen and oxygen atoms in total. The highest BCUT2D eigenvalue weighted by atomic mass is 16.2. The third-order valence-corrected chi connectivity index (χ3v) is 6.15. The fourth-order valence-corrected chi connectivity index (χ4v) is 4.18. The number of hydrogen-bond acceptors (Lipinski definition) is 2. The van der Waals surface area contributed by atoms with Gasteiger partial charge in [-0.1, -0.05) is 68.4 Å². The second kappa shape index (κ2) is 9.78. The highest BCUT2D eigenvalue weighted by molar-refractivity contribution is 5.91. The van der Waals surface area contributed by atoms with Gasteiger partial charge in [-0.15, -0.1) is 0 Å². The topological polar surface area (TPSA) is 38.1 Å². The minimum atomic E-state index is 0.110. The van der Waals surface area contributed by atoms with E-state index in [9.17, 15) is 4.79 Å². The smallest absolute Gasteiger partial charge is 0.246 e. The van der Waals surface area contributed by atoms with Crippen molar-refractivity contribution in [2.75, 3.05) is 13.1 Å². The Hall–Kier alpha value is -3.14. The van der Waals surface area contributed by atoms with Crippen LogP contribution in [0, 0.1) is 5.92 Å². The predicted octanol–water partition coefficient (Wildman–Crippen LogP) is 5.63. The minimum Gasteiger partial charge on any atom is -0.339 e. The summed E-state index contributed by atoms with van der Waals surface area (Å²) < 4.78 is 2.25. The van der Waals surface area contributed by atoms with Crippen LogP contribution in [-0.4, -0.2) is 33.4 Å². The first kappa shape index (κ1) is 21.1. The first-order valence-electron chi connectivity index (χ1n) is 11.2. The summed E-state index contributed by atoms with van der Waals surface area (Å²) in [5.41, 5.74) is 3.53. The van der Waals surface area contributed by atoms with Crippen molar-refractivity contribution in [3.8, 4) is 11.4 Å². The molecule has 1 fully saturated rings. The average Bonchev–Trinajstić information content (AvgIpc) is 3.27. The molecule has 4 heteroatoms. The zero-order valence-corrected chi connectivity index (χ0v) is 18.4. The van der Waals surface area contributed by atoms with Gasteiger partial charge in [0, 0.05) is 43.7 Å². The predicted molar refractivity (Wildman–Crippen MR) is 127 cm³/mol. The molecule has 1 aliphatic heterocycles. The first-order chi connectivity index (χ1) is 15.1. The van der Waals surface area contributed by atoms with Crippen LogP contribution >= 0.6 is 0 Å². The second-order valence-electron chi connectivity index (χ2n) is 8.69. The van der Waals surface area contributed by atoms with Crippen LogP contribution in [0.5, 0.6) is 0 Å². The number of imidazole rings is 1. The van der Waals surface area contributed by atoms with E-state index in [0.29, 0.717) is 11.8 Å². The molecule has 2 heterocycles. The highest BCUT2D eigenvalue weighted by Gasteiger charge is 2.22. The van der Waals surface area contributed by atoms with Crippen LogP contribution in [0.15, 0.2) is 73.1 Å². The maximum absolute atomic E-state index is 12.6. The molecule has 0 spiro atoms. The lowest BCUT2D eigenvalue weighted by atomic mass is 9.96. The maximum atomic E-state index is 12.6. The Kier molecular flexibility index (Phi) is 6.66. The van der Waals surface area contributed by atoms with Gasteiger partial charge in [0.2, 0.25) is 5.91 Å². The van der Waals surface area contributed by atoms with Crippen molar-refractivity contribution in [3.05, 3.63) is 84.2 Å². The summed E-state index contributed by atoms with van der Waals surface area (Å²) in [6.07, 6.45) is 9.63. The molecule has 0 aliphatic carbocycles. The van der Waals surface area contributed by atoms with Gasteiger partial charge < -0.3 is 9.47 Å². The van der Waals surface area contributed by atoms with Crippen LogP contribution in [0.1, 0.15) is 43.7 Å². The summed E-state index contributed by atoms with van der Waals surface area (Å²) in [4.78, 5) is 19.2. The van der Waals surface area contributed by atoms with Crippen LogP contribution < -0.4 is 0 Å². The molecule has 3 aromatic rings. The first-order valence-corrected chi connectivity index (χ1v) is 11.2. The Labute approximate surface area is 185 Å². The molecule has 0 bridgehead atoms. The Balaban J connectivity index is 1.30. The van der Waals surface area contributed by atoms with Gasteiger partial charge in [0.15, 0.2) is 0 Å². The lowest BCUT2D eigenvalue weighted by Crippen LogP contribution is -2.38. The van der Waals surface area contributed by atoms with Crippen LogP contribution in [0.25, 0.3) is 17.5 Å². The van der Waals surface area contributed by atoms with Crippen molar-refractivity contribution < 1.29 is 4.79 Å². The number of hydrogen-bond donors (Lipinski definition) is 0. The number of carbonyl (C=O) groups excluding carboxylic acids is 1. The number of nitrogens with zero attached hydrogens (tertiary/aromatic N) is 3. The number of rotatable bonds is 6. The minimum absolute atomic E-state index is 0.110. The van der Waals surface area contributed by atoms with Gasteiger partial charge in [-0.25, -0.2) is 4.98 Å². The number of carbonyl (C=O) groups is 1. The van der Waals surface area contributed by atoms with E-state index in [2.05, 4.69) is 66.0 Å². The molecular weight excluding hydrogens is 382 g/mol. The molecule has 0 radical (unpaired) electrons. The van der Waals surface area contributed by atoms with Gasteiger partial charge in [-0.2, -0.15) is 0 Å². The summed E-state index contributed by atoms with van der Waals surface area (Å²) in [6, 6.07) is 18.8. The Morgan fingerprint density at radius 1 is 1.06 bits per heavy atom. The number of likely N-dealkylation sites (tertiary alicyclic amines) is 1. The molecule has 1 aliphatic rings. The van der Waals surface area contributed by atoms with Crippen molar-refractivity contribution in [2.24, 2.45) is 5.92 Å². The molecule has 1 amide bonds. The molecule has 1 saturated heterocycles. The molecule has 2 aromatic carbocycles. The molecule has 160 valence electrons. The molecule has 4 rings (SSSR count). The van der Waals surface area contributed by atoms with Crippen molar-refractivity contribution in [1.29, 1.82) is 0 Å². The monoisotopic (exact) mass is 413 g/mol. The van der Waals surface area contributed by atoms with Gasteiger partial charge in [0.05, 0.1) is 0 Å². The van der Waals surface area contributed by atoms with Crippen LogP contribution in [0.2, 0.25) is 0 Å². The maximum Gasteiger partial charge on any atom is 0.246 e. The lowest BCUT2D eigenvalue weighted by Gasteiger charge is -2.31. The van der Waals surface area contributed by atoms with Crippen molar-refractivity contribution in [1.82, 2.24) is 14.5 Å². The Bertz CT molecular complexity index is 1010. The number of amides is 1.